The largest absolute Gasteiger partial charge is 0.482 e. The number of ether oxygens (including phenoxy) is 2. The summed E-state index contributed by atoms with van der Waals surface area (Å²) in [5, 5.41) is 3.48. The van der Waals surface area contributed by atoms with Crippen molar-refractivity contribution in [1.29, 1.82) is 0 Å². The van der Waals surface area contributed by atoms with Crippen molar-refractivity contribution < 1.29 is 19.1 Å². The number of hydrogen-bond donors (Lipinski definition) is 1. The molecule has 0 saturated carbocycles. The number of rotatable bonds is 8. The van der Waals surface area contributed by atoms with Crippen LogP contribution < -0.4 is 24.9 Å². The van der Waals surface area contributed by atoms with Gasteiger partial charge in [0.25, 0.3) is 11.5 Å². The van der Waals surface area contributed by atoms with Gasteiger partial charge in [-0.3, -0.25) is 14.2 Å². The van der Waals surface area contributed by atoms with E-state index in [1.807, 2.05) is 36.4 Å². The summed E-state index contributed by atoms with van der Waals surface area (Å²) in [4.78, 5) is 44.3. The van der Waals surface area contributed by atoms with Crippen LogP contribution in [0.1, 0.15) is 31.0 Å². The summed E-state index contributed by atoms with van der Waals surface area (Å²) in [6.07, 6.45) is 1.74. The Hall–Kier alpha value is -4.47. The van der Waals surface area contributed by atoms with Gasteiger partial charge in [0.1, 0.15) is 5.75 Å². The molecule has 1 N–H and O–H groups in total. The Labute approximate surface area is 244 Å². The number of nitrogens with one attached hydrogen (secondary N) is 1. The number of esters is 1. The van der Waals surface area contributed by atoms with Crippen molar-refractivity contribution in [2.45, 2.75) is 19.9 Å². The topological polar surface area (TPSA) is 99.0 Å². The number of anilines is 1. The van der Waals surface area contributed by atoms with E-state index in [0.29, 0.717) is 42.6 Å². The molecule has 5 rings (SSSR count). The van der Waals surface area contributed by atoms with Crippen molar-refractivity contribution in [1.82, 2.24) is 4.57 Å². The highest BCUT2D eigenvalue weighted by atomic mass is 35.5. The molecule has 10 heteroatoms. The van der Waals surface area contributed by atoms with Gasteiger partial charge in [-0.1, -0.05) is 65.4 Å². The van der Waals surface area contributed by atoms with Gasteiger partial charge < -0.3 is 14.8 Å². The monoisotopic (exact) mass is 587 g/mol. The molecule has 0 spiro atoms. The number of carbonyl (C=O) groups is 2. The second-order valence-electron chi connectivity index (χ2n) is 9.12. The summed E-state index contributed by atoms with van der Waals surface area (Å²) in [5.41, 5.74) is 2.66. The second kappa shape index (κ2) is 12.4. The Morgan fingerprint density at radius 3 is 2.56 bits per heavy atom. The van der Waals surface area contributed by atoms with Crippen molar-refractivity contribution in [3.05, 3.63) is 126 Å². The molecule has 0 saturated heterocycles. The maximum absolute atomic E-state index is 13.9. The second-order valence-corrected chi connectivity index (χ2v) is 10.6. The zero-order chi connectivity index (χ0) is 28.9. The molecule has 3 aromatic carbocycles. The number of thiazole rings is 1. The van der Waals surface area contributed by atoms with E-state index in [9.17, 15) is 14.4 Å². The quantitative estimate of drug-likeness (QED) is 0.307. The van der Waals surface area contributed by atoms with Crippen LogP contribution in [0, 0.1) is 0 Å². The SMILES string of the molecule is CCOC(=O)COc1cccc(C=c2sc3n(c2=O)C(c2ccc(Cl)cc2)C(C(=O)Nc2ccccc2)=C(C)N=3)c1. The molecule has 4 aromatic rings. The third-order valence-electron chi connectivity index (χ3n) is 6.30. The molecule has 2 heterocycles. The van der Waals surface area contributed by atoms with E-state index in [1.54, 1.807) is 67.0 Å². The Bertz CT molecular complexity index is 1810. The summed E-state index contributed by atoms with van der Waals surface area (Å²) >= 11 is 7.39. The van der Waals surface area contributed by atoms with Gasteiger partial charge in [0.2, 0.25) is 0 Å². The Morgan fingerprint density at radius 2 is 1.83 bits per heavy atom. The lowest BCUT2D eigenvalue weighted by molar-refractivity contribution is -0.145. The van der Waals surface area contributed by atoms with Crippen LogP contribution in [0.5, 0.6) is 5.75 Å². The molecular formula is C31H26ClN3O5S. The fourth-order valence-corrected chi connectivity index (χ4v) is 5.66. The standard InChI is InChI=1S/C31H26ClN3O5S/c1-3-39-26(36)18-40-24-11-7-8-20(16-24)17-25-30(38)35-28(21-12-14-22(32)15-13-21)27(19(2)33-31(35)41-25)29(37)34-23-9-5-4-6-10-23/h4-17,28H,3,18H2,1-2H3,(H,34,37). The molecule has 41 heavy (non-hydrogen) atoms. The Kier molecular flexibility index (Phi) is 8.47. The maximum atomic E-state index is 13.9. The van der Waals surface area contributed by atoms with Gasteiger partial charge in [-0.15, -0.1) is 0 Å². The van der Waals surface area contributed by atoms with Gasteiger partial charge in [-0.2, -0.15) is 0 Å². The summed E-state index contributed by atoms with van der Waals surface area (Å²) < 4.78 is 12.4. The van der Waals surface area contributed by atoms with E-state index in [4.69, 9.17) is 21.1 Å². The lowest BCUT2D eigenvalue weighted by Crippen LogP contribution is -2.40. The first-order valence-corrected chi connectivity index (χ1v) is 14.1. The molecule has 208 valence electrons. The third-order valence-corrected chi connectivity index (χ3v) is 7.54. The molecule has 1 aliphatic heterocycles. The van der Waals surface area contributed by atoms with Gasteiger partial charge in [0.15, 0.2) is 11.4 Å². The van der Waals surface area contributed by atoms with Crippen LogP contribution in [-0.2, 0) is 14.3 Å². The van der Waals surface area contributed by atoms with Gasteiger partial charge in [-0.05, 0) is 67.4 Å². The van der Waals surface area contributed by atoms with Crippen LogP contribution in [0.2, 0.25) is 5.02 Å². The van der Waals surface area contributed by atoms with Crippen molar-refractivity contribution >= 4 is 46.6 Å². The first-order chi connectivity index (χ1) is 19.8. The first kappa shape index (κ1) is 28.1. The minimum atomic E-state index is -0.714. The molecule has 1 aliphatic rings. The van der Waals surface area contributed by atoms with Crippen LogP contribution in [0.15, 0.2) is 99.9 Å². The summed E-state index contributed by atoms with van der Waals surface area (Å²) in [5.74, 6) is -0.344. The zero-order valence-corrected chi connectivity index (χ0v) is 23.9. The summed E-state index contributed by atoms with van der Waals surface area (Å²) in [7, 11) is 0. The van der Waals surface area contributed by atoms with E-state index in [-0.39, 0.29) is 24.7 Å². The van der Waals surface area contributed by atoms with Crippen molar-refractivity contribution in [3.8, 4) is 5.75 Å². The van der Waals surface area contributed by atoms with Crippen LogP contribution in [0.25, 0.3) is 6.08 Å². The van der Waals surface area contributed by atoms with Crippen LogP contribution >= 0.6 is 22.9 Å². The fourth-order valence-electron chi connectivity index (χ4n) is 4.48. The number of amides is 1. The van der Waals surface area contributed by atoms with Gasteiger partial charge in [0, 0.05) is 10.7 Å². The normalized spacial score (nSPS) is 14.7. The molecule has 1 unspecified atom stereocenters. The number of fused-ring (bicyclic) bond motifs is 1. The highest BCUT2D eigenvalue weighted by molar-refractivity contribution is 7.07. The Balaban J connectivity index is 1.56. The number of allylic oxidation sites excluding steroid dienone is 1. The predicted molar refractivity (Wildman–Crippen MR) is 159 cm³/mol. The number of halogens is 1. The average molecular weight is 588 g/mol. The third kappa shape index (κ3) is 6.32. The summed E-state index contributed by atoms with van der Waals surface area (Å²) in [6, 6.07) is 22.6. The van der Waals surface area contributed by atoms with E-state index < -0.39 is 12.0 Å². The van der Waals surface area contributed by atoms with E-state index >= 15 is 0 Å². The van der Waals surface area contributed by atoms with Crippen LogP contribution in [0.3, 0.4) is 0 Å². The molecule has 0 aliphatic carbocycles. The van der Waals surface area contributed by atoms with Gasteiger partial charge in [-0.25, -0.2) is 9.79 Å². The number of aromatic nitrogens is 1. The Morgan fingerprint density at radius 1 is 1.07 bits per heavy atom. The highest BCUT2D eigenvalue weighted by Crippen LogP contribution is 2.31. The van der Waals surface area contributed by atoms with Crippen LogP contribution in [-0.4, -0.2) is 29.7 Å². The minimum Gasteiger partial charge on any atom is -0.482 e. The maximum Gasteiger partial charge on any atom is 0.344 e. The number of carbonyl (C=O) groups excluding carboxylic acids is 2. The molecule has 0 fully saturated rings. The van der Waals surface area contributed by atoms with Crippen molar-refractivity contribution in [3.63, 3.8) is 0 Å². The molecular weight excluding hydrogens is 562 g/mol. The number of hydrogen-bond acceptors (Lipinski definition) is 7. The van der Waals surface area contributed by atoms with Gasteiger partial charge >= 0.3 is 5.97 Å². The molecule has 0 bridgehead atoms. The van der Waals surface area contributed by atoms with Crippen molar-refractivity contribution in [2.75, 3.05) is 18.5 Å². The number of benzene rings is 3. The highest BCUT2D eigenvalue weighted by Gasteiger charge is 2.32. The lowest BCUT2D eigenvalue weighted by atomic mass is 9.95. The fraction of sp³-hybridized carbons (Fsp3) is 0.161. The van der Waals surface area contributed by atoms with Gasteiger partial charge in [0.05, 0.1) is 28.5 Å². The summed E-state index contributed by atoms with van der Waals surface area (Å²) in [6.45, 7) is 3.55. The molecule has 0 radical (unpaired) electrons. The van der Waals surface area contributed by atoms with Crippen molar-refractivity contribution in [2.24, 2.45) is 4.99 Å². The molecule has 1 aromatic heterocycles. The average Bonchev–Trinajstić information content (AvgIpc) is 3.26. The lowest BCUT2D eigenvalue weighted by Gasteiger charge is -2.25. The zero-order valence-electron chi connectivity index (χ0n) is 22.3. The number of nitrogens with zero attached hydrogens (tertiary/aromatic N) is 2. The molecule has 8 nitrogen and oxygen atoms in total. The van der Waals surface area contributed by atoms with Crippen LogP contribution in [0.4, 0.5) is 5.69 Å². The van der Waals surface area contributed by atoms with E-state index in [1.165, 1.54) is 11.3 Å². The smallest absolute Gasteiger partial charge is 0.344 e. The molecule has 1 amide bonds. The number of para-hydroxylation sites is 1. The minimum absolute atomic E-state index is 0.215. The molecule has 1 atom stereocenters. The van der Waals surface area contributed by atoms with E-state index in [2.05, 4.69) is 10.3 Å². The van der Waals surface area contributed by atoms with E-state index in [0.717, 1.165) is 5.56 Å². The first-order valence-electron chi connectivity index (χ1n) is 12.9. The predicted octanol–water partition coefficient (Wildman–Crippen LogP) is 4.47.